The number of ether oxygens (including phenoxy) is 1. The highest BCUT2D eigenvalue weighted by Gasteiger charge is 2.33. The Kier molecular flexibility index (Phi) is 5.70. The molecule has 0 aromatic heterocycles. The molecule has 0 bridgehead atoms. The normalized spacial score (nSPS) is 20.2. The van der Waals surface area contributed by atoms with E-state index in [1.165, 1.54) is 35.2 Å². The topological polar surface area (TPSA) is 49.8 Å². The molecular formula is C20H20F3NO3. The van der Waals surface area contributed by atoms with Gasteiger partial charge in [-0.25, -0.2) is 13.2 Å². The summed E-state index contributed by atoms with van der Waals surface area (Å²) in [7, 11) is 0. The summed E-state index contributed by atoms with van der Waals surface area (Å²) in [6.07, 6.45) is 1.04. The van der Waals surface area contributed by atoms with Crippen LogP contribution in [0.15, 0.2) is 42.5 Å². The van der Waals surface area contributed by atoms with Crippen molar-refractivity contribution in [1.82, 2.24) is 4.90 Å². The van der Waals surface area contributed by atoms with Crippen LogP contribution >= 0.6 is 0 Å². The van der Waals surface area contributed by atoms with Crippen LogP contribution < -0.4 is 4.74 Å². The molecule has 144 valence electrons. The van der Waals surface area contributed by atoms with Crippen LogP contribution in [0.1, 0.15) is 29.6 Å². The fraction of sp³-hybridized carbons (Fsp3) is 0.350. The van der Waals surface area contributed by atoms with Crippen LogP contribution in [0.3, 0.4) is 0 Å². The molecule has 1 unspecified atom stereocenters. The van der Waals surface area contributed by atoms with E-state index in [0.29, 0.717) is 18.6 Å². The number of rotatable bonds is 4. The van der Waals surface area contributed by atoms with Gasteiger partial charge in [-0.1, -0.05) is 6.07 Å². The molecule has 4 nitrogen and oxygen atoms in total. The molecule has 1 atom stereocenters. The van der Waals surface area contributed by atoms with Gasteiger partial charge in [0.1, 0.15) is 41.0 Å². The Balaban J connectivity index is 1.64. The Morgan fingerprint density at radius 3 is 2.37 bits per heavy atom. The van der Waals surface area contributed by atoms with Crippen LogP contribution in [-0.4, -0.2) is 41.2 Å². The first-order chi connectivity index (χ1) is 12.9. The molecule has 3 rings (SSSR count). The lowest BCUT2D eigenvalue weighted by Gasteiger charge is -2.27. The molecule has 27 heavy (non-hydrogen) atoms. The lowest BCUT2D eigenvalue weighted by molar-refractivity contribution is -0.0163. The van der Waals surface area contributed by atoms with Crippen LogP contribution in [0.4, 0.5) is 13.2 Å². The number of amides is 1. The molecule has 7 heteroatoms. The molecule has 0 radical (unpaired) electrons. The lowest BCUT2D eigenvalue weighted by Crippen LogP contribution is -2.38. The summed E-state index contributed by atoms with van der Waals surface area (Å²) in [5.41, 5.74) is -1.76. The number of nitrogens with zero attached hydrogens (tertiary/aromatic N) is 1. The van der Waals surface area contributed by atoms with Crippen molar-refractivity contribution in [3.05, 3.63) is 65.5 Å². The Morgan fingerprint density at radius 1 is 1.04 bits per heavy atom. The van der Waals surface area contributed by atoms with Crippen molar-refractivity contribution in [2.24, 2.45) is 0 Å². The number of hydrogen-bond donors (Lipinski definition) is 1. The van der Waals surface area contributed by atoms with Gasteiger partial charge in [0, 0.05) is 13.1 Å². The third-order valence-electron chi connectivity index (χ3n) is 4.70. The zero-order chi connectivity index (χ0) is 19.4. The maximum atomic E-state index is 13.9. The highest BCUT2D eigenvalue weighted by atomic mass is 19.1. The molecule has 1 fully saturated rings. The maximum Gasteiger partial charge on any atom is 0.259 e. The second-order valence-corrected chi connectivity index (χ2v) is 6.71. The maximum absolute atomic E-state index is 13.9. The third kappa shape index (κ3) is 4.60. The lowest BCUT2D eigenvalue weighted by atomic mass is 9.96. The molecule has 0 spiro atoms. The molecule has 1 N–H and O–H groups in total. The molecule has 0 aliphatic carbocycles. The Hall–Kier alpha value is -2.54. The quantitative estimate of drug-likeness (QED) is 0.884. The Morgan fingerprint density at radius 2 is 1.70 bits per heavy atom. The molecule has 2 aromatic rings. The van der Waals surface area contributed by atoms with E-state index in [2.05, 4.69) is 0 Å². The first-order valence-corrected chi connectivity index (χ1v) is 8.72. The van der Waals surface area contributed by atoms with Gasteiger partial charge in [-0.2, -0.15) is 0 Å². The van der Waals surface area contributed by atoms with Crippen molar-refractivity contribution >= 4 is 5.91 Å². The van der Waals surface area contributed by atoms with Gasteiger partial charge in [0.2, 0.25) is 0 Å². The summed E-state index contributed by atoms with van der Waals surface area (Å²) in [5, 5.41) is 10.8. The van der Waals surface area contributed by atoms with Gasteiger partial charge in [0.05, 0.1) is 0 Å². The van der Waals surface area contributed by atoms with Crippen LogP contribution in [0, 0.1) is 17.5 Å². The second-order valence-electron chi connectivity index (χ2n) is 6.71. The number of hydrogen-bond acceptors (Lipinski definition) is 3. The molecule has 1 aliphatic rings. The van der Waals surface area contributed by atoms with Gasteiger partial charge in [-0.15, -0.1) is 0 Å². The van der Waals surface area contributed by atoms with E-state index in [4.69, 9.17) is 4.74 Å². The number of carbonyl (C=O) groups excluding carboxylic acids is 1. The van der Waals surface area contributed by atoms with E-state index in [9.17, 15) is 23.1 Å². The van der Waals surface area contributed by atoms with Crippen molar-refractivity contribution < 1.29 is 27.8 Å². The first-order valence-electron chi connectivity index (χ1n) is 8.72. The standard InChI is InChI=1S/C20H20F3NO3/c21-14-5-7-15(8-6-14)27-13-20(26)9-2-11-24(12-10-20)19(25)18-16(22)3-1-4-17(18)23/h1,3-8,26H,2,9-13H2. The third-order valence-corrected chi connectivity index (χ3v) is 4.70. The molecular weight excluding hydrogens is 359 g/mol. The Labute approximate surface area is 155 Å². The van der Waals surface area contributed by atoms with Gasteiger partial charge < -0.3 is 14.7 Å². The fourth-order valence-corrected chi connectivity index (χ4v) is 3.14. The van der Waals surface area contributed by atoms with E-state index in [1.807, 2.05) is 0 Å². The highest BCUT2D eigenvalue weighted by Crippen LogP contribution is 2.26. The Bertz CT molecular complexity index is 792. The summed E-state index contributed by atoms with van der Waals surface area (Å²) < 4.78 is 46.2. The fourth-order valence-electron chi connectivity index (χ4n) is 3.14. The van der Waals surface area contributed by atoms with Gasteiger partial charge >= 0.3 is 0 Å². The van der Waals surface area contributed by atoms with E-state index < -0.39 is 28.7 Å². The van der Waals surface area contributed by atoms with E-state index in [-0.39, 0.29) is 31.9 Å². The molecule has 0 saturated carbocycles. The molecule has 1 saturated heterocycles. The van der Waals surface area contributed by atoms with Gasteiger partial charge in [-0.3, -0.25) is 4.79 Å². The average molecular weight is 379 g/mol. The number of aliphatic hydroxyl groups is 1. The number of likely N-dealkylation sites (tertiary alicyclic amines) is 1. The van der Waals surface area contributed by atoms with E-state index >= 15 is 0 Å². The minimum Gasteiger partial charge on any atom is -0.491 e. The zero-order valence-electron chi connectivity index (χ0n) is 14.6. The van der Waals surface area contributed by atoms with Gasteiger partial charge in [0.25, 0.3) is 5.91 Å². The number of benzene rings is 2. The smallest absolute Gasteiger partial charge is 0.259 e. The van der Waals surface area contributed by atoms with Gasteiger partial charge in [-0.05, 0) is 55.7 Å². The van der Waals surface area contributed by atoms with Crippen molar-refractivity contribution in [2.45, 2.75) is 24.9 Å². The predicted molar refractivity (Wildman–Crippen MR) is 93.0 cm³/mol. The summed E-state index contributed by atoms with van der Waals surface area (Å²) in [6.45, 7) is 0.413. The highest BCUT2D eigenvalue weighted by molar-refractivity contribution is 5.94. The summed E-state index contributed by atoms with van der Waals surface area (Å²) in [6, 6.07) is 8.74. The van der Waals surface area contributed by atoms with Crippen molar-refractivity contribution in [2.75, 3.05) is 19.7 Å². The van der Waals surface area contributed by atoms with Crippen LogP contribution in [0.5, 0.6) is 5.75 Å². The van der Waals surface area contributed by atoms with Crippen molar-refractivity contribution in [3.8, 4) is 5.75 Å². The van der Waals surface area contributed by atoms with Crippen molar-refractivity contribution in [1.29, 1.82) is 0 Å². The molecule has 1 heterocycles. The molecule has 1 aliphatic heterocycles. The van der Waals surface area contributed by atoms with Gasteiger partial charge in [0.15, 0.2) is 0 Å². The van der Waals surface area contributed by atoms with E-state index in [0.717, 1.165) is 12.1 Å². The SMILES string of the molecule is O=C(c1c(F)cccc1F)N1CCCC(O)(COc2ccc(F)cc2)CC1. The average Bonchev–Trinajstić information content (AvgIpc) is 2.83. The molecule has 2 aromatic carbocycles. The van der Waals surface area contributed by atoms with E-state index in [1.54, 1.807) is 0 Å². The van der Waals surface area contributed by atoms with Crippen LogP contribution in [0.2, 0.25) is 0 Å². The number of halogens is 3. The van der Waals surface area contributed by atoms with Crippen molar-refractivity contribution in [3.63, 3.8) is 0 Å². The first kappa shape index (κ1) is 19.2. The second kappa shape index (κ2) is 8.00. The van der Waals surface area contributed by atoms with Crippen LogP contribution in [0.25, 0.3) is 0 Å². The number of carbonyl (C=O) groups is 1. The van der Waals surface area contributed by atoms with Crippen LogP contribution in [-0.2, 0) is 0 Å². The monoisotopic (exact) mass is 379 g/mol. The largest absolute Gasteiger partial charge is 0.491 e. The summed E-state index contributed by atoms with van der Waals surface area (Å²) in [4.78, 5) is 13.9. The predicted octanol–water partition coefficient (Wildman–Crippen LogP) is 3.54. The minimum absolute atomic E-state index is 0.0191. The zero-order valence-corrected chi connectivity index (χ0v) is 14.6. The summed E-state index contributed by atoms with van der Waals surface area (Å²) in [5.74, 6) is -2.49. The molecule has 1 amide bonds. The summed E-state index contributed by atoms with van der Waals surface area (Å²) >= 11 is 0. The minimum atomic E-state index is -1.18.